The molecule has 0 spiro atoms. The molecule has 0 saturated heterocycles. The maximum atomic E-state index is 13.7. The van der Waals surface area contributed by atoms with Crippen LogP contribution in [0.25, 0.3) is 0 Å². The van der Waals surface area contributed by atoms with Crippen molar-refractivity contribution in [2.45, 2.75) is 103 Å². The molecule has 172 valence electrons. The number of carbonyl (C=O) groups is 1. The maximum absolute atomic E-state index is 13.7. The molecule has 0 aromatic heterocycles. The van der Waals surface area contributed by atoms with Gasteiger partial charge in [0.1, 0.15) is 5.78 Å². The Hall–Kier alpha value is -1.89. The lowest BCUT2D eigenvalue weighted by atomic mass is 9.71. The van der Waals surface area contributed by atoms with Gasteiger partial charge in [-0.15, -0.1) is 0 Å². The number of rotatable bonds is 8. The quantitative estimate of drug-likeness (QED) is 0.409. The molecule has 2 aromatic carbocycles. The van der Waals surface area contributed by atoms with E-state index in [1.807, 2.05) is 0 Å². The molecule has 2 aliphatic carbocycles. The summed E-state index contributed by atoms with van der Waals surface area (Å²) in [6, 6.07) is 17.7. The first-order chi connectivity index (χ1) is 15.6. The summed E-state index contributed by atoms with van der Waals surface area (Å²) in [7, 11) is 0. The monoisotopic (exact) mass is 430 g/mol. The van der Waals surface area contributed by atoms with Crippen LogP contribution in [0.15, 0.2) is 48.5 Å². The van der Waals surface area contributed by atoms with E-state index >= 15 is 0 Å². The summed E-state index contributed by atoms with van der Waals surface area (Å²) < 4.78 is 0. The van der Waals surface area contributed by atoms with Crippen LogP contribution in [0.3, 0.4) is 0 Å². The molecule has 0 N–H and O–H groups in total. The predicted molar refractivity (Wildman–Crippen MR) is 135 cm³/mol. The van der Waals surface area contributed by atoms with Gasteiger partial charge in [0.2, 0.25) is 0 Å². The molecular weight excluding hydrogens is 388 g/mol. The van der Waals surface area contributed by atoms with Gasteiger partial charge < -0.3 is 0 Å². The highest BCUT2D eigenvalue weighted by atomic mass is 16.1. The van der Waals surface area contributed by atoms with Crippen LogP contribution in [0, 0.1) is 25.7 Å². The van der Waals surface area contributed by atoms with Gasteiger partial charge in [-0.25, -0.2) is 0 Å². The van der Waals surface area contributed by atoms with Gasteiger partial charge in [0.25, 0.3) is 0 Å². The second kappa shape index (κ2) is 11.3. The zero-order valence-electron chi connectivity index (χ0n) is 20.3. The number of hydrogen-bond acceptors (Lipinski definition) is 1. The fraction of sp³-hybridized carbons (Fsp3) is 0.581. The lowest BCUT2D eigenvalue weighted by molar-refractivity contribution is -0.120. The van der Waals surface area contributed by atoms with Gasteiger partial charge in [0.05, 0.1) is 0 Å². The molecule has 0 radical (unpaired) electrons. The van der Waals surface area contributed by atoms with Crippen molar-refractivity contribution in [3.8, 4) is 0 Å². The van der Waals surface area contributed by atoms with Crippen molar-refractivity contribution in [2.75, 3.05) is 0 Å². The Bertz CT molecular complexity index is 798. The summed E-state index contributed by atoms with van der Waals surface area (Å²) in [4.78, 5) is 13.7. The second-order valence-corrected chi connectivity index (χ2v) is 10.7. The van der Waals surface area contributed by atoms with E-state index in [1.165, 1.54) is 86.5 Å². The molecular formula is C31H42O. The van der Waals surface area contributed by atoms with Crippen LogP contribution >= 0.6 is 0 Å². The van der Waals surface area contributed by atoms with E-state index in [-0.39, 0.29) is 0 Å². The molecule has 0 aliphatic heterocycles. The van der Waals surface area contributed by atoms with Gasteiger partial charge in [-0.05, 0) is 85.5 Å². The van der Waals surface area contributed by atoms with Gasteiger partial charge in [0.15, 0.2) is 0 Å². The standard InChI is InChI=1S/C31H42O/c1-23-13-9-11-19-28(23)30(25-15-5-3-6-16-25)21-27(32)22-31(26-17-7-4-8-18-26)29-20-12-10-14-24(29)2/h9-14,19-20,25-26,30-31H,3-8,15-18,21-22H2,1-2H3/t30-,31-/m1/s1. The third-order valence-corrected chi connectivity index (χ3v) is 8.51. The van der Waals surface area contributed by atoms with Gasteiger partial charge >= 0.3 is 0 Å². The third-order valence-electron chi connectivity index (χ3n) is 8.51. The summed E-state index contributed by atoms with van der Waals surface area (Å²) >= 11 is 0. The van der Waals surface area contributed by atoms with Crippen LogP contribution in [0.4, 0.5) is 0 Å². The Morgan fingerprint density at radius 3 is 1.41 bits per heavy atom. The minimum absolute atomic E-state index is 0.396. The van der Waals surface area contributed by atoms with E-state index in [0.29, 0.717) is 29.5 Å². The number of Topliss-reactive ketones (excluding diaryl/α,β-unsaturated/α-hetero) is 1. The molecule has 2 atom stereocenters. The minimum Gasteiger partial charge on any atom is -0.300 e. The first-order valence-electron chi connectivity index (χ1n) is 13.3. The molecule has 0 bridgehead atoms. The number of hydrogen-bond donors (Lipinski definition) is 0. The van der Waals surface area contributed by atoms with Crippen LogP contribution in [0.1, 0.15) is 111 Å². The fourth-order valence-electron chi connectivity index (χ4n) is 6.71. The van der Waals surface area contributed by atoms with Crippen LogP contribution in [-0.2, 0) is 4.79 Å². The molecule has 2 aliphatic rings. The number of ketones is 1. The predicted octanol–water partition coefficient (Wildman–Crippen LogP) is 8.68. The maximum Gasteiger partial charge on any atom is 0.134 e. The van der Waals surface area contributed by atoms with Crippen molar-refractivity contribution < 1.29 is 4.79 Å². The van der Waals surface area contributed by atoms with Gasteiger partial charge in [-0.1, -0.05) is 87.1 Å². The minimum atomic E-state index is 0.396. The number of benzene rings is 2. The summed E-state index contributed by atoms with van der Waals surface area (Å²) in [5.74, 6) is 2.61. The highest BCUT2D eigenvalue weighted by molar-refractivity contribution is 5.80. The lowest BCUT2D eigenvalue weighted by Gasteiger charge is -2.34. The van der Waals surface area contributed by atoms with E-state index in [4.69, 9.17) is 0 Å². The fourth-order valence-corrected chi connectivity index (χ4v) is 6.71. The van der Waals surface area contributed by atoms with Crippen molar-refractivity contribution in [3.05, 3.63) is 70.8 Å². The Morgan fingerprint density at radius 1 is 0.656 bits per heavy atom. The van der Waals surface area contributed by atoms with Crippen LogP contribution < -0.4 is 0 Å². The highest BCUT2D eigenvalue weighted by Crippen LogP contribution is 2.43. The van der Waals surface area contributed by atoms with Crippen molar-refractivity contribution in [1.29, 1.82) is 0 Å². The Morgan fingerprint density at radius 2 is 1.03 bits per heavy atom. The topological polar surface area (TPSA) is 17.1 Å². The molecule has 4 rings (SSSR count). The number of aryl methyl sites for hydroxylation is 2. The largest absolute Gasteiger partial charge is 0.300 e. The summed E-state index contributed by atoms with van der Waals surface area (Å²) in [5, 5.41) is 0. The van der Waals surface area contributed by atoms with Gasteiger partial charge in [-0.3, -0.25) is 4.79 Å². The summed E-state index contributed by atoms with van der Waals surface area (Å²) in [5.41, 5.74) is 5.58. The van der Waals surface area contributed by atoms with Crippen LogP contribution in [-0.4, -0.2) is 5.78 Å². The van der Waals surface area contributed by atoms with E-state index < -0.39 is 0 Å². The Labute approximate surface area is 196 Å². The zero-order valence-corrected chi connectivity index (χ0v) is 20.3. The second-order valence-electron chi connectivity index (χ2n) is 10.7. The van der Waals surface area contributed by atoms with Crippen molar-refractivity contribution in [3.63, 3.8) is 0 Å². The average molecular weight is 431 g/mol. The first kappa shape index (κ1) is 23.3. The van der Waals surface area contributed by atoms with Crippen LogP contribution in [0.5, 0.6) is 0 Å². The number of carbonyl (C=O) groups excluding carboxylic acids is 1. The smallest absolute Gasteiger partial charge is 0.134 e. The van der Waals surface area contributed by atoms with Gasteiger partial charge in [-0.2, -0.15) is 0 Å². The van der Waals surface area contributed by atoms with E-state index in [1.54, 1.807) is 0 Å². The lowest BCUT2D eigenvalue weighted by Crippen LogP contribution is -2.24. The molecule has 2 saturated carbocycles. The Balaban J connectivity index is 1.55. The van der Waals surface area contributed by atoms with Crippen LogP contribution in [0.2, 0.25) is 0 Å². The van der Waals surface area contributed by atoms with Gasteiger partial charge in [0, 0.05) is 12.8 Å². The molecule has 32 heavy (non-hydrogen) atoms. The molecule has 1 nitrogen and oxygen atoms in total. The van der Waals surface area contributed by atoms with E-state index in [2.05, 4.69) is 62.4 Å². The van der Waals surface area contributed by atoms with E-state index in [0.717, 1.165) is 12.8 Å². The molecule has 0 amide bonds. The molecule has 2 fully saturated rings. The third kappa shape index (κ3) is 5.72. The molecule has 0 unspecified atom stereocenters. The summed E-state index contributed by atoms with van der Waals surface area (Å²) in [6.07, 6.45) is 14.6. The van der Waals surface area contributed by atoms with Crippen molar-refractivity contribution in [1.82, 2.24) is 0 Å². The molecule has 2 aromatic rings. The van der Waals surface area contributed by atoms with E-state index in [9.17, 15) is 4.79 Å². The summed E-state index contributed by atoms with van der Waals surface area (Å²) in [6.45, 7) is 4.46. The molecule has 1 heteroatoms. The average Bonchev–Trinajstić information content (AvgIpc) is 2.83. The first-order valence-corrected chi connectivity index (χ1v) is 13.3. The highest BCUT2D eigenvalue weighted by Gasteiger charge is 2.32. The Kier molecular flexibility index (Phi) is 8.22. The van der Waals surface area contributed by atoms with Crippen molar-refractivity contribution in [2.24, 2.45) is 11.8 Å². The normalized spacial score (nSPS) is 20.1. The van der Waals surface area contributed by atoms with Crippen molar-refractivity contribution >= 4 is 5.78 Å². The zero-order chi connectivity index (χ0) is 22.3. The SMILES string of the molecule is Cc1ccccc1[C@H](CC(=O)C[C@@H](c1ccccc1C)C1CCCCC1)C1CCCCC1. The molecule has 0 heterocycles.